The van der Waals surface area contributed by atoms with Crippen LogP contribution in [0.4, 0.5) is 5.82 Å². The molecule has 0 bridgehead atoms. The third-order valence-electron chi connectivity index (χ3n) is 6.44. The topological polar surface area (TPSA) is 179 Å². The minimum Gasteiger partial charge on any atom is -0.508 e. The number of phenols is 1. The Morgan fingerprint density at radius 2 is 1.82 bits per heavy atom. The molecule has 11 nitrogen and oxygen atoms in total. The predicted molar refractivity (Wildman–Crippen MR) is 151 cm³/mol. The lowest BCUT2D eigenvalue weighted by Crippen LogP contribution is -2.08. The van der Waals surface area contributed by atoms with E-state index in [2.05, 4.69) is 18.0 Å². The van der Waals surface area contributed by atoms with Crippen molar-refractivity contribution in [3.8, 4) is 11.5 Å². The van der Waals surface area contributed by atoms with Gasteiger partial charge in [-0.15, -0.1) is 0 Å². The number of hydrogen-bond donors (Lipinski definition) is 5. The first-order chi connectivity index (χ1) is 18.7. The van der Waals surface area contributed by atoms with Gasteiger partial charge in [-0.05, 0) is 68.1 Å². The molecule has 0 unspecified atom stereocenters. The molecule has 4 aromatic rings. The summed E-state index contributed by atoms with van der Waals surface area (Å²) in [7, 11) is -4.82. The molecule has 12 heteroatoms. The summed E-state index contributed by atoms with van der Waals surface area (Å²) in [4.78, 5) is 28.3. The molecule has 0 saturated carbocycles. The number of nitrogens with two attached hydrogens (primary N) is 2. The lowest BCUT2D eigenvalue weighted by molar-refractivity contribution is 0.131. The van der Waals surface area contributed by atoms with Crippen molar-refractivity contribution in [1.82, 2.24) is 14.5 Å². The van der Waals surface area contributed by atoms with Gasteiger partial charge < -0.3 is 30.4 Å². The van der Waals surface area contributed by atoms with E-state index in [-0.39, 0.29) is 18.0 Å². The van der Waals surface area contributed by atoms with Crippen molar-refractivity contribution in [1.29, 1.82) is 0 Å². The first-order valence-electron chi connectivity index (χ1n) is 13.1. The zero-order valence-corrected chi connectivity index (χ0v) is 22.9. The molecule has 0 amide bonds. The number of imidazole rings is 1. The van der Waals surface area contributed by atoms with Gasteiger partial charge in [0.25, 0.3) is 0 Å². The molecule has 7 N–H and O–H groups in total. The number of phenolic OH excluding ortho intramolecular Hbond substituents is 1. The summed E-state index contributed by atoms with van der Waals surface area (Å²) in [5.74, 6) is 0.991. The van der Waals surface area contributed by atoms with E-state index in [9.17, 15) is 19.5 Å². The Balaban J connectivity index is 1.79. The van der Waals surface area contributed by atoms with Gasteiger partial charge in [0.05, 0.1) is 17.6 Å². The van der Waals surface area contributed by atoms with E-state index in [0.717, 1.165) is 54.4 Å². The number of unbranched alkanes of at least 4 members (excludes halogenated alkanes) is 1. The van der Waals surface area contributed by atoms with E-state index >= 15 is 0 Å². The smallest absolute Gasteiger partial charge is 0.508 e. The summed E-state index contributed by atoms with van der Waals surface area (Å²) in [6.07, 6.45) is 5.01. The van der Waals surface area contributed by atoms with Crippen LogP contribution in [0.5, 0.6) is 11.5 Å². The number of benzene rings is 2. The maximum Gasteiger partial charge on any atom is 0.524 e. The molecule has 39 heavy (non-hydrogen) atoms. The van der Waals surface area contributed by atoms with E-state index < -0.39 is 7.82 Å². The highest BCUT2D eigenvalue weighted by atomic mass is 31.2. The lowest BCUT2D eigenvalue weighted by Gasteiger charge is -2.16. The quantitative estimate of drug-likeness (QED) is 0.112. The summed E-state index contributed by atoms with van der Waals surface area (Å²) < 4.78 is 24.2. The van der Waals surface area contributed by atoms with Gasteiger partial charge in [0.2, 0.25) is 0 Å². The molecular weight excluding hydrogens is 521 g/mol. The number of phosphoric acid groups is 1. The highest BCUT2D eigenvalue weighted by molar-refractivity contribution is 7.46. The molecule has 0 fully saturated rings. The molecule has 2 heterocycles. The summed E-state index contributed by atoms with van der Waals surface area (Å²) in [6, 6.07) is 10.2. The van der Waals surface area contributed by atoms with Crippen LogP contribution in [0.3, 0.4) is 0 Å². The van der Waals surface area contributed by atoms with Crippen molar-refractivity contribution in [2.45, 2.75) is 52.0 Å². The zero-order valence-electron chi connectivity index (χ0n) is 22.0. The minimum atomic E-state index is -4.82. The van der Waals surface area contributed by atoms with Gasteiger partial charge in [-0.3, -0.25) is 9.79 Å². The summed E-state index contributed by atoms with van der Waals surface area (Å²) >= 11 is 0. The molecule has 0 atom stereocenters. The SMILES string of the molecule is CCCCc1nc2c(N)nc3ccc(CCCOCCCN)cc3c2n1Cc1cc(O)ccc1OP(=O)(O)O. The first kappa shape index (κ1) is 28.8. The van der Waals surface area contributed by atoms with E-state index in [4.69, 9.17) is 25.7 Å². The van der Waals surface area contributed by atoms with Gasteiger partial charge in [-0.25, -0.2) is 14.5 Å². The van der Waals surface area contributed by atoms with Crippen LogP contribution >= 0.6 is 7.82 Å². The van der Waals surface area contributed by atoms with Crippen molar-refractivity contribution in [2.75, 3.05) is 25.5 Å². The Hall–Kier alpha value is -3.21. The Morgan fingerprint density at radius 1 is 1.03 bits per heavy atom. The molecule has 2 aromatic heterocycles. The molecule has 0 aliphatic carbocycles. The van der Waals surface area contributed by atoms with Crippen LogP contribution in [0.1, 0.15) is 49.6 Å². The Bertz CT molecular complexity index is 1490. The van der Waals surface area contributed by atoms with E-state index in [1.165, 1.54) is 18.2 Å². The molecule has 0 radical (unpaired) electrons. The van der Waals surface area contributed by atoms with Crippen LogP contribution in [-0.4, -0.2) is 49.2 Å². The fourth-order valence-electron chi connectivity index (χ4n) is 4.60. The number of aromatic nitrogens is 3. The van der Waals surface area contributed by atoms with Gasteiger partial charge in [0, 0.05) is 30.6 Å². The van der Waals surface area contributed by atoms with Gasteiger partial charge in [0.1, 0.15) is 22.8 Å². The standard InChI is InChI=1S/C27H36N5O6P/c1-2-3-7-24-31-25-26(32(24)17-19-16-20(33)9-11-23(19)38-39(34,35)36)21-15-18(6-4-13-37-14-5-12-28)8-10-22(21)30-27(25)29/h8-11,15-16,33H,2-7,12-14,17,28H2,1H3,(H2,29,30)(H2,34,35,36). The van der Waals surface area contributed by atoms with Gasteiger partial charge in [-0.1, -0.05) is 19.4 Å². The third-order valence-corrected chi connectivity index (χ3v) is 6.87. The normalized spacial score (nSPS) is 12.0. The molecule has 210 valence electrons. The minimum absolute atomic E-state index is 0.0221. The Labute approximate surface area is 227 Å². The number of rotatable bonds is 14. The number of ether oxygens (including phenoxy) is 1. The second-order valence-electron chi connectivity index (χ2n) is 9.50. The van der Waals surface area contributed by atoms with Gasteiger partial charge >= 0.3 is 7.82 Å². The average molecular weight is 558 g/mol. The van der Waals surface area contributed by atoms with E-state index in [1.54, 1.807) is 0 Å². The number of nitrogens with zero attached hydrogens (tertiary/aromatic N) is 3. The number of nitrogen functional groups attached to an aromatic ring is 1. The van der Waals surface area contributed by atoms with Crippen LogP contribution < -0.4 is 16.0 Å². The Kier molecular flexibility index (Phi) is 9.42. The second-order valence-corrected chi connectivity index (χ2v) is 10.7. The fourth-order valence-corrected chi connectivity index (χ4v) is 5.03. The predicted octanol–water partition coefficient (Wildman–Crippen LogP) is 4.03. The van der Waals surface area contributed by atoms with Crippen LogP contribution in [0.2, 0.25) is 0 Å². The molecule has 4 rings (SSSR count). The van der Waals surface area contributed by atoms with Crippen LogP contribution in [0.15, 0.2) is 36.4 Å². The highest BCUT2D eigenvalue weighted by Gasteiger charge is 2.22. The van der Waals surface area contributed by atoms with Gasteiger partial charge in [0.15, 0.2) is 5.82 Å². The van der Waals surface area contributed by atoms with Crippen LogP contribution in [0.25, 0.3) is 21.9 Å². The molecule has 2 aromatic carbocycles. The monoisotopic (exact) mass is 557 g/mol. The number of hydrogen-bond acceptors (Lipinski definition) is 8. The molecular formula is C27H36N5O6P. The molecule has 0 aliphatic rings. The van der Waals surface area contributed by atoms with Crippen molar-refractivity contribution >= 4 is 35.6 Å². The number of phosphoric ester groups is 1. The van der Waals surface area contributed by atoms with Crippen molar-refractivity contribution in [3.63, 3.8) is 0 Å². The van der Waals surface area contributed by atoms with Crippen LogP contribution in [0, 0.1) is 0 Å². The maximum absolute atomic E-state index is 11.6. The van der Waals surface area contributed by atoms with Crippen LogP contribution in [-0.2, 0) is 28.7 Å². The number of aromatic hydroxyl groups is 1. The molecule has 0 aliphatic heterocycles. The fraction of sp³-hybridized carbons (Fsp3) is 0.407. The zero-order chi connectivity index (χ0) is 28.0. The van der Waals surface area contributed by atoms with E-state index in [0.29, 0.717) is 48.6 Å². The maximum atomic E-state index is 11.6. The van der Waals surface area contributed by atoms with Crippen molar-refractivity contribution in [3.05, 3.63) is 53.3 Å². The summed E-state index contributed by atoms with van der Waals surface area (Å²) in [6.45, 7) is 4.15. The first-order valence-corrected chi connectivity index (χ1v) is 14.6. The number of pyridine rings is 1. The number of fused-ring (bicyclic) bond motifs is 3. The Morgan fingerprint density at radius 3 is 2.56 bits per heavy atom. The van der Waals surface area contributed by atoms with E-state index in [1.807, 2.05) is 16.7 Å². The molecule has 0 saturated heterocycles. The van der Waals surface area contributed by atoms with Crippen molar-refractivity contribution < 1.29 is 28.7 Å². The highest BCUT2D eigenvalue weighted by Crippen LogP contribution is 2.41. The lowest BCUT2D eigenvalue weighted by atomic mass is 10.1. The second kappa shape index (κ2) is 12.8. The summed E-state index contributed by atoms with van der Waals surface area (Å²) in [5.41, 5.74) is 15.4. The third kappa shape index (κ3) is 7.26. The summed E-state index contributed by atoms with van der Waals surface area (Å²) in [5, 5.41) is 11.0. The van der Waals surface area contributed by atoms with Gasteiger partial charge in [-0.2, -0.15) is 0 Å². The number of anilines is 1. The molecule has 0 spiro atoms. The number of aryl methyl sites for hydroxylation is 2. The van der Waals surface area contributed by atoms with Crippen molar-refractivity contribution in [2.24, 2.45) is 5.73 Å². The largest absolute Gasteiger partial charge is 0.524 e. The average Bonchev–Trinajstić information content (AvgIpc) is 3.25.